The molecule has 3 aliphatic carbocycles. The van der Waals surface area contributed by atoms with E-state index in [0.717, 1.165) is 19.3 Å². The third kappa shape index (κ3) is 2.80. The maximum absolute atomic E-state index is 11.8. The zero-order valence-electron chi connectivity index (χ0n) is 21.1. The Morgan fingerprint density at radius 3 is 2.40 bits per heavy atom. The third-order valence-electron chi connectivity index (χ3n) is 11.7. The second-order valence-corrected chi connectivity index (χ2v) is 13.4. The molecule has 3 saturated heterocycles. The summed E-state index contributed by atoms with van der Waals surface area (Å²) in [5, 5.41) is 63.5. The second-order valence-electron chi connectivity index (χ2n) is 13.4. The Bertz CT molecular complexity index is 877. The van der Waals surface area contributed by atoms with Crippen LogP contribution in [-0.4, -0.2) is 97.0 Å². The summed E-state index contributed by atoms with van der Waals surface area (Å²) in [7, 11) is 0. The van der Waals surface area contributed by atoms with Crippen LogP contribution in [0.3, 0.4) is 0 Å². The highest BCUT2D eigenvalue weighted by Gasteiger charge is 2.83. The van der Waals surface area contributed by atoms with Crippen molar-refractivity contribution in [1.82, 2.24) is 0 Å². The molecule has 6 aliphatic rings. The summed E-state index contributed by atoms with van der Waals surface area (Å²) in [6.45, 7) is 7.72. The molecule has 0 amide bonds. The number of ether oxygens (including phenoxy) is 3. The maximum atomic E-state index is 11.8. The van der Waals surface area contributed by atoms with Crippen LogP contribution in [0.4, 0.5) is 0 Å². The molecule has 3 aliphatic heterocycles. The zero-order valence-corrected chi connectivity index (χ0v) is 21.1. The van der Waals surface area contributed by atoms with Crippen molar-refractivity contribution in [3.63, 3.8) is 0 Å². The summed E-state index contributed by atoms with van der Waals surface area (Å²) in [4.78, 5) is 0. The van der Waals surface area contributed by atoms with E-state index in [9.17, 15) is 30.6 Å². The van der Waals surface area contributed by atoms with Crippen LogP contribution >= 0.6 is 0 Å². The fraction of sp³-hybridized carbons (Fsp3) is 1.00. The summed E-state index contributed by atoms with van der Waals surface area (Å²) < 4.78 is 19.1. The lowest BCUT2D eigenvalue weighted by Crippen LogP contribution is -2.66. The molecular formula is C26H42O9. The van der Waals surface area contributed by atoms with Gasteiger partial charge in [-0.3, -0.25) is 0 Å². The first-order chi connectivity index (χ1) is 16.3. The zero-order chi connectivity index (χ0) is 25.3. The smallest absolute Gasteiger partial charge is 0.186 e. The molecule has 4 bridgehead atoms. The minimum atomic E-state index is -1.50. The lowest BCUT2D eigenvalue weighted by Gasteiger charge is -2.60. The topological polar surface area (TPSA) is 149 Å². The monoisotopic (exact) mass is 498 g/mol. The van der Waals surface area contributed by atoms with Crippen molar-refractivity contribution >= 4 is 0 Å². The Kier molecular flexibility index (Phi) is 5.27. The number of rotatable bonds is 3. The minimum absolute atomic E-state index is 0.0175. The van der Waals surface area contributed by atoms with Crippen molar-refractivity contribution in [3.05, 3.63) is 0 Å². The van der Waals surface area contributed by atoms with E-state index in [1.807, 2.05) is 20.8 Å². The van der Waals surface area contributed by atoms with Gasteiger partial charge in [0.05, 0.1) is 30.0 Å². The average molecular weight is 499 g/mol. The summed E-state index contributed by atoms with van der Waals surface area (Å²) in [5.41, 5.74) is -2.85. The van der Waals surface area contributed by atoms with Crippen molar-refractivity contribution in [1.29, 1.82) is 0 Å². The molecule has 0 aromatic heterocycles. The molecule has 6 fully saturated rings. The van der Waals surface area contributed by atoms with E-state index in [2.05, 4.69) is 6.92 Å². The predicted molar refractivity (Wildman–Crippen MR) is 122 cm³/mol. The number of fused-ring (bicyclic) bond motifs is 1. The van der Waals surface area contributed by atoms with Crippen molar-refractivity contribution in [2.24, 2.45) is 28.6 Å². The molecule has 9 nitrogen and oxygen atoms in total. The van der Waals surface area contributed by atoms with E-state index in [0.29, 0.717) is 19.3 Å². The Balaban J connectivity index is 1.31. The van der Waals surface area contributed by atoms with E-state index in [4.69, 9.17) is 14.2 Å². The van der Waals surface area contributed by atoms with Crippen LogP contribution in [0.5, 0.6) is 0 Å². The number of hydrogen-bond donors (Lipinski definition) is 6. The molecule has 0 aromatic rings. The van der Waals surface area contributed by atoms with Crippen LogP contribution in [0.25, 0.3) is 0 Å². The standard InChI is InChI=1S/C26H42O9/c1-12-14-7-17(34-21-20(31)19(30)18(29)15(10-27)33-21)22(2,3)26(14)16(28)9-24-8-13(23(4,32)11-24)5-6-25(12,24)35-26/h12-21,27-32H,5-11H2,1-4H3/t12-,13+,14-,15+,16?,17-,18+,19-,20+,21-,23+,24+,25+,26-/m0/s1. The lowest BCUT2D eigenvalue weighted by molar-refractivity contribution is -0.334. The van der Waals surface area contributed by atoms with Crippen molar-refractivity contribution in [3.8, 4) is 0 Å². The number of aliphatic hydroxyl groups excluding tert-OH is 5. The van der Waals surface area contributed by atoms with Crippen LogP contribution in [0.1, 0.15) is 66.2 Å². The Morgan fingerprint density at radius 1 is 1.00 bits per heavy atom. The molecule has 1 unspecified atom stereocenters. The van der Waals surface area contributed by atoms with E-state index in [1.54, 1.807) is 0 Å². The molecule has 14 atom stereocenters. The molecule has 0 aromatic carbocycles. The average Bonchev–Trinajstić information content (AvgIpc) is 3.24. The molecule has 200 valence electrons. The van der Waals surface area contributed by atoms with E-state index in [1.165, 1.54) is 0 Å². The molecule has 3 spiro atoms. The van der Waals surface area contributed by atoms with Gasteiger partial charge in [-0.1, -0.05) is 20.8 Å². The molecule has 3 saturated carbocycles. The van der Waals surface area contributed by atoms with Gasteiger partial charge in [0.1, 0.15) is 30.0 Å². The molecule has 9 heteroatoms. The van der Waals surface area contributed by atoms with Gasteiger partial charge in [-0.2, -0.15) is 0 Å². The Labute approximate surface area is 206 Å². The minimum Gasteiger partial charge on any atom is -0.394 e. The SMILES string of the molecule is C[C@H]1[C@@H]2C[C@H](O[C@@H]3O[C@H](CO)[C@@H](O)[C@H](O)[C@H]3O)C(C)(C)[C@]23O[C@]12CC[C@@H]1C[C@@]2(CC3O)C[C@@]1(C)O. The van der Waals surface area contributed by atoms with E-state index >= 15 is 0 Å². The summed E-state index contributed by atoms with van der Waals surface area (Å²) in [6, 6.07) is 0. The molecular weight excluding hydrogens is 456 g/mol. The molecule has 35 heavy (non-hydrogen) atoms. The van der Waals surface area contributed by atoms with E-state index in [-0.39, 0.29) is 28.8 Å². The Morgan fingerprint density at radius 2 is 1.71 bits per heavy atom. The highest BCUT2D eigenvalue weighted by Crippen LogP contribution is 2.78. The van der Waals surface area contributed by atoms with Gasteiger partial charge in [0.25, 0.3) is 0 Å². The van der Waals surface area contributed by atoms with Crippen LogP contribution in [0, 0.1) is 28.6 Å². The number of aliphatic hydroxyl groups is 6. The van der Waals surface area contributed by atoms with Gasteiger partial charge in [0.15, 0.2) is 6.29 Å². The highest BCUT2D eigenvalue weighted by molar-refractivity contribution is 5.31. The Hall–Kier alpha value is -0.360. The molecule has 3 heterocycles. The van der Waals surface area contributed by atoms with Crippen LogP contribution in [0.2, 0.25) is 0 Å². The van der Waals surface area contributed by atoms with Gasteiger partial charge in [0.2, 0.25) is 0 Å². The highest BCUT2D eigenvalue weighted by atomic mass is 16.7. The van der Waals surface area contributed by atoms with Crippen LogP contribution in [-0.2, 0) is 14.2 Å². The quantitative estimate of drug-likeness (QED) is 0.318. The maximum Gasteiger partial charge on any atom is 0.186 e. The van der Waals surface area contributed by atoms with Gasteiger partial charge < -0.3 is 44.8 Å². The van der Waals surface area contributed by atoms with Gasteiger partial charge in [0, 0.05) is 10.8 Å². The second kappa shape index (κ2) is 7.39. The van der Waals surface area contributed by atoms with Gasteiger partial charge in [-0.25, -0.2) is 0 Å². The summed E-state index contributed by atoms with van der Waals surface area (Å²) in [5.74, 6) is 0.405. The molecule has 6 N–H and O–H groups in total. The normalized spacial score (nSPS) is 62.6. The van der Waals surface area contributed by atoms with Gasteiger partial charge in [-0.15, -0.1) is 0 Å². The number of hydrogen-bond acceptors (Lipinski definition) is 9. The van der Waals surface area contributed by atoms with Crippen LogP contribution < -0.4 is 0 Å². The first kappa shape index (κ1) is 24.9. The van der Waals surface area contributed by atoms with Gasteiger partial charge in [-0.05, 0) is 63.2 Å². The fourth-order valence-corrected chi connectivity index (χ4v) is 9.95. The first-order valence-corrected chi connectivity index (χ1v) is 13.3. The van der Waals surface area contributed by atoms with Crippen molar-refractivity contribution in [2.75, 3.05) is 6.61 Å². The third-order valence-corrected chi connectivity index (χ3v) is 11.7. The molecule has 6 rings (SSSR count). The fourth-order valence-electron chi connectivity index (χ4n) is 9.95. The lowest BCUT2D eigenvalue weighted by atomic mass is 9.57. The van der Waals surface area contributed by atoms with Crippen molar-refractivity contribution in [2.45, 2.75) is 126 Å². The van der Waals surface area contributed by atoms with Gasteiger partial charge >= 0.3 is 0 Å². The summed E-state index contributed by atoms with van der Waals surface area (Å²) in [6.07, 6.45) is -3.31. The first-order valence-electron chi connectivity index (χ1n) is 13.3. The largest absolute Gasteiger partial charge is 0.394 e. The van der Waals surface area contributed by atoms with Crippen LogP contribution in [0.15, 0.2) is 0 Å². The molecule has 0 radical (unpaired) electrons. The summed E-state index contributed by atoms with van der Waals surface area (Å²) >= 11 is 0. The predicted octanol–water partition coefficient (Wildman–Crippen LogP) is 0.0673. The van der Waals surface area contributed by atoms with E-state index < -0.39 is 66.1 Å². The van der Waals surface area contributed by atoms with Crippen molar-refractivity contribution < 1.29 is 44.8 Å².